The fraction of sp³-hybridized carbons (Fsp3) is 0.240. The number of benzene rings is 2. The third kappa shape index (κ3) is 6.08. The van der Waals surface area contributed by atoms with E-state index in [9.17, 15) is 4.79 Å². The fourth-order valence-electron chi connectivity index (χ4n) is 3.36. The first kappa shape index (κ1) is 22.3. The third-order valence-electron chi connectivity index (χ3n) is 5.13. The van der Waals surface area contributed by atoms with Gasteiger partial charge in [-0.15, -0.1) is 21.5 Å². The van der Waals surface area contributed by atoms with Gasteiger partial charge in [-0.2, -0.15) is 0 Å². The highest BCUT2D eigenvalue weighted by Gasteiger charge is 2.20. The maximum atomic E-state index is 12.7. The summed E-state index contributed by atoms with van der Waals surface area (Å²) in [5.41, 5.74) is 2.36. The Bertz CT molecular complexity index is 1110. The second-order valence-corrected chi connectivity index (χ2v) is 9.85. The molecule has 32 heavy (non-hydrogen) atoms. The number of amides is 1. The van der Waals surface area contributed by atoms with Crippen molar-refractivity contribution in [1.82, 2.24) is 20.1 Å². The normalized spacial score (nSPS) is 11.9. The second kappa shape index (κ2) is 11.1. The van der Waals surface area contributed by atoms with Gasteiger partial charge in [0.05, 0.1) is 5.25 Å². The van der Waals surface area contributed by atoms with Gasteiger partial charge in [0.15, 0.2) is 5.16 Å². The minimum Gasteiger partial charge on any atom is -0.351 e. The monoisotopic (exact) mass is 462 g/mol. The molecule has 1 atom stereocenters. The molecule has 7 heteroatoms. The van der Waals surface area contributed by atoms with Gasteiger partial charge in [-0.3, -0.25) is 4.79 Å². The SMILES string of the molecule is CC(Sc1nnc(Cc2cccs2)n1CCc1ccccc1)C(=O)NCc1ccccc1. The van der Waals surface area contributed by atoms with E-state index in [-0.39, 0.29) is 11.2 Å². The summed E-state index contributed by atoms with van der Waals surface area (Å²) in [6.07, 6.45) is 1.63. The number of hydrogen-bond acceptors (Lipinski definition) is 5. The fourth-order valence-corrected chi connectivity index (χ4v) is 4.98. The number of carbonyl (C=O) groups is 1. The van der Waals surface area contributed by atoms with Crippen LogP contribution in [0, 0.1) is 0 Å². The number of carbonyl (C=O) groups excluding carboxylic acids is 1. The Morgan fingerprint density at radius 1 is 1.00 bits per heavy atom. The molecule has 0 aliphatic rings. The van der Waals surface area contributed by atoms with E-state index in [0.717, 1.165) is 35.9 Å². The summed E-state index contributed by atoms with van der Waals surface area (Å²) in [4.78, 5) is 13.9. The van der Waals surface area contributed by atoms with Crippen molar-refractivity contribution in [3.63, 3.8) is 0 Å². The van der Waals surface area contributed by atoms with Gasteiger partial charge in [0, 0.05) is 24.4 Å². The van der Waals surface area contributed by atoms with Crippen LogP contribution in [0.5, 0.6) is 0 Å². The lowest BCUT2D eigenvalue weighted by Gasteiger charge is -2.14. The zero-order chi connectivity index (χ0) is 22.2. The van der Waals surface area contributed by atoms with Gasteiger partial charge in [0.2, 0.25) is 5.91 Å². The van der Waals surface area contributed by atoms with E-state index in [2.05, 4.69) is 61.9 Å². The van der Waals surface area contributed by atoms with Gasteiger partial charge >= 0.3 is 0 Å². The van der Waals surface area contributed by atoms with Crippen molar-refractivity contribution in [2.24, 2.45) is 0 Å². The molecule has 0 radical (unpaired) electrons. The largest absolute Gasteiger partial charge is 0.351 e. The summed E-state index contributed by atoms with van der Waals surface area (Å²) < 4.78 is 2.17. The number of aryl methyl sites for hydroxylation is 1. The summed E-state index contributed by atoms with van der Waals surface area (Å²) in [6.45, 7) is 3.22. The van der Waals surface area contributed by atoms with Crippen molar-refractivity contribution in [2.75, 3.05) is 0 Å². The zero-order valence-electron chi connectivity index (χ0n) is 18.0. The van der Waals surface area contributed by atoms with Crippen LogP contribution >= 0.6 is 23.1 Å². The first-order chi connectivity index (χ1) is 15.7. The molecule has 0 bridgehead atoms. The number of nitrogens with one attached hydrogen (secondary N) is 1. The molecule has 1 unspecified atom stereocenters. The van der Waals surface area contributed by atoms with Gasteiger partial charge in [0.1, 0.15) is 5.82 Å². The van der Waals surface area contributed by atoms with E-state index < -0.39 is 0 Å². The number of hydrogen-bond donors (Lipinski definition) is 1. The Morgan fingerprint density at radius 2 is 1.72 bits per heavy atom. The number of rotatable bonds is 10. The molecular weight excluding hydrogens is 436 g/mol. The van der Waals surface area contributed by atoms with E-state index >= 15 is 0 Å². The van der Waals surface area contributed by atoms with E-state index in [1.807, 2.05) is 43.3 Å². The molecule has 4 aromatic rings. The summed E-state index contributed by atoms with van der Waals surface area (Å²) in [7, 11) is 0. The van der Waals surface area contributed by atoms with Gasteiger partial charge in [0.25, 0.3) is 0 Å². The third-order valence-corrected chi connectivity index (χ3v) is 7.09. The number of thiophene rings is 1. The molecule has 0 saturated heterocycles. The smallest absolute Gasteiger partial charge is 0.233 e. The van der Waals surface area contributed by atoms with Crippen molar-refractivity contribution in [3.8, 4) is 0 Å². The Hall–Kier alpha value is -2.90. The average molecular weight is 463 g/mol. The minimum atomic E-state index is -0.270. The van der Waals surface area contributed by atoms with E-state index in [4.69, 9.17) is 0 Å². The highest BCUT2D eigenvalue weighted by atomic mass is 32.2. The van der Waals surface area contributed by atoms with Crippen LogP contribution in [-0.2, 0) is 30.7 Å². The van der Waals surface area contributed by atoms with Crippen LogP contribution in [0.1, 0.15) is 28.8 Å². The Morgan fingerprint density at radius 3 is 2.41 bits per heavy atom. The Kier molecular flexibility index (Phi) is 7.74. The lowest BCUT2D eigenvalue weighted by molar-refractivity contribution is -0.120. The van der Waals surface area contributed by atoms with Crippen molar-refractivity contribution < 1.29 is 4.79 Å². The molecule has 1 amide bonds. The number of aromatic nitrogens is 3. The molecule has 2 aromatic carbocycles. The van der Waals surface area contributed by atoms with Crippen LogP contribution in [-0.4, -0.2) is 25.9 Å². The van der Waals surface area contributed by atoms with Gasteiger partial charge in [-0.1, -0.05) is 78.5 Å². The summed E-state index contributed by atoms with van der Waals surface area (Å²) >= 11 is 3.18. The van der Waals surface area contributed by atoms with Crippen molar-refractivity contribution in [2.45, 2.75) is 43.3 Å². The second-order valence-electron chi connectivity index (χ2n) is 7.51. The topological polar surface area (TPSA) is 59.8 Å². The van der Waals surface area contributed by atoms with Gasteiger partial charge < -0.3 is 9.88 Å². The standard InChI is InChI=1S/C25H26N4OS2/c1-19(24(30)26-18-21-11-6-3-7-12-21)32-25-28-27-23(17-22-13-8-16-31-22)29(25)15-14-20-9-4-2-5-10-20/h2-13,16,19H,14-15,17-18H2,1H3,(H,26,30). The predicted molar refractivity (Wildman–Crippen MR) is 131 cm³/mol. The Labute approximate surface area is 196 Å². The maximum absolute atomic E-state index is 12.7. The molecule has 164 valence electrons. The minimum absolute atomic E-state index is 0.00345. The predicted octanol–water partition coefficient (Wildman–Crippen LogP) is 4.97. The first-order valence-electron chi connectivity index (χ1n) is 10.7. The Balaban J connectivity index is 1.45. The van der Waals surface area contributed by atoms with Crippen LogP contribution in [0.3, 0.4) is 0 Å². The maximum Gasteiger partial charge on any atom is 0.233 e. The zero-order valence-corrected chi connectivity index (χ0v) is 19.6. The molecule has 0 aliphatic carbocycles. The molecule has 0 spiro atoms. The van der Waals surface area contributed by atoms with Crippen LogP contribution in [0.4, 0.5) is 0 Å². The number of nitrogens with zero attached hydrogens (tertiary/aromatic N) is 3. The van der Waals surface area contributed by atoms with E-state index in [0.29, 0.717) is 6.54 Å². The van der Waals surface area contributed by atoms with Crippen LogP contribution in [0.25, 0.3) is 0 Å². The van der Waals surface area contributed by atoms with Crippen LogP contribution in [0.15, 0.2) is 83.3 Å². The van der Waals surface area contributed by atoms with Gasteiger partial charge in [-0.25, -0.2) is 0 Å². The summed E-state index contributed by atoms with van der Waals surface area (Å²) in [5, 5.41) is 14.5. The molecule has 4 rings (SSSR count). The average Bonchev–Trinajstić information content (AvgIpc) is 3.48. The molecular formula is C25H26N4OS2. The summed E-state index contributed by atoms with van der Waals surface area (Å²) in [5.74, 6) is 0.930. The first-order valence-corrected chi connectivity index (χ1v) is 12.4. The van der Waals surface area contributed by atoms with Crippen LogP contribution in [0.2, 0.25) is 0 Å². The summed E-state index contributed by atoms with van der Waals surface area (Å²) in [6, 6.07) is 24.5. The van der Waals surface area contributed by atoms with Gasteiger partial charge in [-0.05, 0) is 35.9 Å². The van der Waals surface area contributed by atoms with Crippen LogP contribution < -0.4 is 5.32 Å². The van der Waals surface area contributed by atoms with E-state index in [1.54, 1.807) is 11.3 Å². The molecule has 5 nitrogen and oxygen atoms in total. The lowest BCUT2D eigenvalue weighted by Crippen LogP contribution is -2.30. The molecule has 0 fully saturated rings. The van der Waals surface area contributed by atoms with Crippen molar-refractivity contribution in [1.29, 1.82) is 0 Å². The molecule has 0 aliphatic heterocycles. The highest BCUT2D eigenvalue weighted by molar-refractivity contribution is 8.00. The molecule has 2 heterocycles. The van der Waals surface area contributed by atoms with Crippen molar-refractivity contribution >= 4 is 29.0 Å². The quantitative estimate of drug-likeness (QED) is 0.338. The highest BCUT2D eigenvalue weighted by Crippen LogP contribution is 2.25. The molecule has 2 aromatic heterocycles. The number of thioether (sulfide) groups is 1. The van der Waals surface area contributed by atoms with E-state index in [1.165, 1.54) is 22.2 Å². The lowest BCUT2D eigenvalue weighted by atomic mass is 10.1. The molecule has 0 saturated carbocycles. The molecule has 1 N–H and O–H groups in total. The van der Waals surface area contributed by atoms with Crippen molar-refractivity contribution in [3.05, 3.63) is 100 Å².